The van der Waals surface area contributed by atoms with Crippen molar-refractivity contribution in [2.45, 2.75) is 37.3 Å². The maximum atomic E-state index is 6.08. The summed E-state index contributed by atoms with van der Waals surface area (Å²) in [6.07, 6.45) is 0.991. The summed E-state index contributed by atoms with van der Waals surface area (Å²) in [5.74, 6) is 1.66. The second kappa shape index (κ2) is 8.78. The predicted octanol–water partition coefficient (Wildman–Crippen LogP) is 1.17. The van der Waals surface area contributed by atoms with Gasteiger partial charge in [0.25, 0.3) is 5.22 Å². The number of benzene rings is 1. The lowest BCUT2D eigenvalue weighted by Crippen LogP contribution is -3.00. The summed E-state index contributed by atoms with van der Waals surface area (Å²) >= 11 is 4.95. The number of hydrogen-bond donors (Lipinski definition) is 1. The summed E-state index contributed by atoms with van der Waals surface area (Å²) in [7, 11) is 0. The first-order valence-electron chi connectivity index (χ1n) is 6.56. The number of nitrogens with zero attached hydrogens (tertiary/aromatic N) is 2. The van der Waals surface area contributed by atoms with E-state index in [1.54, 1.807) is 0 Å². The molecule has 1 aromatic carbocycles. The van der Waals surface area contributed by atoms with Crippen LogP contribution in [0.15, 0.2) is 38.4 Å². The summed E-state index contributed by atoms with van der Waals surface area (Å²) < 4.78 is 6.70. The van der Waals surface area contributed by atoms with Gasteiger partial charge in [0, 0.05) is 10.2 Å². The molecular weight excluding hydrogens is 374 g/mol. The van der Waals surface area contributed by atoms with E-state index in [1.165, 1.54) is 17.3 Å². The van der Waals surface area contributed by atoms with Crippen molar-refractivity contribution in [3.05, 3.63) is 40.2 Å². The normalized spacial score (nSPS) is 13.5. The third kappa shape index (κ3) is 5.29. The van der Waals surface area contributed by atoms with Crippen LogP contribution in [0.2, 0.25) is 0 Å². The molecule has 0 saturated heterocycles. The monoisotopic (exact) mass is 390 g/mol. The maximum absolute atomic E-state index is 6.08. The highest BCUT2D eigenvalue weighted by atomic mass is 79.9. The molecule has 0 radical (unpaired) electrons. The first-order chi connectivity index (χ1) is 9.60. The van der Waals surface area contributed by atoms with Crippen LogP contribution in [0.25, 0.3) is 0 Å². The van der Waals surface area contributed by atoms with E-state index in [9.17, 15) is 0 Å². The molecule has 2 aromatic rings. The van der Waals surface area contributed by atoms with Crippen molar-refractivity contribution in [2.75, 3.05) is 0 Å². The van der Waals surface area contributed by atoms with E-state index in [0.717, 1.165) is 16.6 Å². The molecule has 4 nitrogen and oxygen atoms in total. The van der Waals surface area contributed by atoms with Crippen molar-refractivity contribution in [3.63, 3.8) is 0 Å². The molecule has 0 spiro atoms. The molecule has 0 fully saturated rings. The number of hydrogen-bond acceptors (Lipinski definition) is 5. The molecule has 2 N–H and O–H groups in total. The van der Waals surface area contributed by atoms with Gasteiger partial charge in [-0.05, 0) is 23.6 Å². The van der Waals surface area contributed by atoms with Crippen LogP contribution in [0.5, 0.6) is 0 Å². The molecule has 0 bridgehead atoms. The van der Waals surface area contributed by atoms with E-state index in [4.69, 9.17) is 10.2 Å². The van der Waals surface area contributed by atoms with Crippen molar-refractivity contribution < 1.29 is 16.8 Å². The molecule has 0 aliphatic rings. The second-order valence-corrected chi connectivity index (χ2v) is 6.57. The third-order valence-electron chi connectivity index (χ3n) is 3.24. The molecule has 116 valence electrons. The van der Waals surface area contributed by atoms with E-state index in [2.05, 4.69) is 52.1 Å². The molecule has 0 amide bonds. The van der Waals surface area contributed by atoms with Gasteiger partial charge < -0.3 is 22.6 Å². The topological polar surface area (TPSA) is 64.9 Å². The Bertz CT molecular complexity index is 549. The van der Waals surface area contributed by atoms with Crippen molar-refractivity contribution >= 4 is 27.7 Å². The van der Waals surface area contributed by atoms with Crippen LogP contribution in [0, 0.1) is 5.92 Å². The van der Waals surface area contributed by atoms with E-state index >= 15 is 0 Å². The van der Waals surface area contributed by atoms with Gasteiger partial charge in [0.2, 0.25) is 5.89 Å². The molecule has 0 aliphatic heterocycles. The van der Waals surface area contributed by atoms with Crippen LogP contribution in [0.3, 0.4) is 0 Å². The zero-order valence-corrected chi connectivity index (χ0v) is 15.1. The lowest BCUT2D eigenvalue weighted by Gasteiger charge is -2.13. The first kappa shape index (κ1) is 18.5. The Labute approximate surface area is 143 Å². The predicted molar refractivity (Wildman–Crippen MR) is 84.4 cm³/mol. The summed E-state index contributed by atoms with van der Waals surface area (Å²) in [6.45, 7) is 4.19. The van der Waals surface area contributed by atoms with Crippen LogP contribution in [0.4, 0.5) is 0 Å². The zero-order chi connectivity index (χ0) is 14.5. The second-order valence-electron chi connectivity index (χ2n) is 4.73. The van der Waals surface area contributed by atoms with Crippen molar-refractivity contribution in [1.29, 1.82) is 0 Å². The Morgan fingerprint density at radius 1 is 1.29 bits per heavy atom. The Balaban J connectivity index is 0.00000220. The highest BCUT2D eigenvalue weighted by Crippen LogP contribution is 2.26. The van der Waals surface area contributed by atoms with E-state index in [-0.39, 0.29) is 18.4 Å². The van der Waals surface area contributed by atoms with Gasteiger partial charge in [-0.25, -0.2) is 0 Å². The Morgan fingerprint density at radius 2 is 1.95 bits per heavy atom. The Kier molecular flexibility index (Phi) is 7.73. The average Bonchev–Trinajstić information content (AvgIpc) is 2.94. The molecule has 7 heteroatoms. The Hall–Kier alpha value is -0.560. The first-order valence-corrected chi connectivity index (χ1v) is 8.34. The highest BCUT2D eigenvalue weighted by Gasteiger charge is 2.19. The SMILES string of the molecule is CCC(C)[C@H](N)c1nnc(SCc2ccc(Br)cc2)o1.[Cl-]. The van der Waals surface area contributed by atoms with E-state index < -0.39 is 0 Å². The quantitative estimate of drug-likeness (QED) is 0.749. The fraction of sp³-hybridized carbons (Fsp3) is 0.429. The van der Waals surface area contributed by atoms with Crippen LogP contribution >= 0.6 is 27.7 Å². The van der Waals surface area contributed by atoms with Crippen molar-refractivity contribution in [3.8, 4) is 0 Å². The molecule has 1 heterocycles. The largest absolute Gasteiger partial charge is 1.00 e. The summed E-state index contributed by atoms with van der Waals surface area (Å²) in [5, 5.41) is 8.66. The molecule has 0 aliphatic carbocycles. The van der Waals surface area contributed by atoms with Gasteiger partial charge in [-0.15, -0.1) is 10.2 Å². The summed E-state index contributed by atoms with van der Waals surface area (Å²) in [6, 6.07) is 8.00. The minimum Gasteiger partial charge on any atom is -1.00 e. The van der Waals surface area contributed by atoms with Gasteiger partial charge in [0.05, 0.1) is 6.04 Å². The number of thioether (sulfide) groups is 1. The number of rotatable bonds is 6. The molecule has 21 heavy (non-hydrogen) atoms. The number of halogens is 2. The van der Waals surface area contributed by atoms with Gasteiger partial charge >= 0.3 is 0 Å². The van der Waals surface area contributed by atoms with Crippen molar-refractivity contribution in [1.82, 2.24) is 10.2 Å². The third-order valence-corrected chi connectivity index (χ3v) is 4.66. The number of nitrogens with two attached hydrogens (primary N) is 1. The number of aromatic nitrogens is 2. The molecular formula is C14H18BrClN3OS-. The lowest BCUT2D eigenvalue weighted by molar-refractivity contribution is -0.00000482. The van der Waals surface area contributed by atoms with Crippen LogP contribution in [-0.4, -0.2) is 10.2 Å². The fourth-order valence-electron chi connectivity index (χ4n) is 1.64. The zero-order valence-electron chi connectivity index (χ0n) is 11.9. The van der Waals surface area contributed by atoms with Gasteiger partial charge in [-0.1, -0.05) is 60.1 Å². The van der Waals surface area contributed by atoms with E-state index in [0.29, 0.717) is 17.0 Å². The van der Waals surface area contributed by atoms with Crippen LogP contribution < -0.4 is 18.1 Å². The molecule has 1 unspecified atom stereocenters. The lowest BCUT2D eigenvalue weighted by atomic mass is 10.0. The van der Waals surface area contributed by atoms with Crippen molar-refractivity contribution in [2.24, 2.45) is 11.7 Å². The smallest absolute Gasteiger partial charge is 0.276 e. The van der Waals surface area contributed by atoms with Gasteiger partial charge in [-0.2, -0.15) is 0 Å². The minimum atomic E-state index is -0.186. The van der Waals surface area contributed by atoms with E-state index in [1.807, 2.05) is 12.1 Å². The van der Waals surface area contributed by atoms with Crippen LogP contribution in [-0.2, 0) is 5.75 Å². The standard InChI is InChI=1S/C14H18BrN3OS.ClH/c1-3-9(2)12(16)13-17-18-14(19-13)20-8-10-4-6-11(15)7-5-10;/h4-7,9,12H,3,8,16H2,1-2H3;1H/p-1/t9?,12-;/m0./s1. The molecule has 2 rings (SSSR count). The summed E-state index contributed by atoms with van der Waals surface area (Å²) in [5.41, 5.74) is 7.29. The fourth-order valence-corrected chi connectivity index (χ4v) is 2.63. The minimum absolute atomic E-state index is 0. The molecule has 2 atom stereocenters. The highest BCUT2D eigenvalue weighted by molar-refractivity contribution is 9.10. The van der Waals surface area contributed by atoms with Crippen LogP contribution in [0.1, 0.15) is 37.8 Å². The molecule has 0 saturated carbocycles. The van der Waals surface area contributed by atoms with Gasteiger partial charge in [0.15, 0.2) is 0 Å². The van der Waals surface area contributed by atoms with Gasteiger partial charge in [-0.3, -0.25) is 0 Å². The maximum Gasteiger partial charge on any atom is 0.276 e. The molecule has 1 aromatic heterocycles. The average molecular weight is 392 g/mol. The van der Waals surface area contributed by atoms with Gasteiger partial charge in [0.1, 0.15) is 0 Å². The summed E-state index contributed by atoms with van der Waals surface area (Å²) in [4.78, 5) is 0. The Morgan fingerprint density at radius 3 is 2.57 bits per heavy atom.